The van der Waals surface area contributed by atoms with Gasteiger partial charge in [0.05, 0.1) is 13.2 Å². The summed E-state index contributed by atoms with van der Waals surface area (Å²) < 4.78 is 9.91. The minimum atomic E-state index is -0.663. The van der Waals surface area contributed by atoms with Crippen molar-refractivity contribution in [3.8, 4) is 0 Å². The van der Waals surface area contributed by atoms with E-state index in [1.54, 1.807) is 13.8 Å². The normalized spacial score (nSPS) is 9.75. The molecule has 1 aromatic carbocycles. The molecule has 5 heteroatoms. The van der Waals surface area contributed by atoms with Gasteiger partial charge in [-0.25, -0.2) is 9.59 Å². The third-order valence-electron chi connectivity index (χ3n) is 2.52. The highest BCUT2D eigenvalue weighted by molar-refractivity contribution is 9.09. The van der Waals surface area contributed by atoms with Crippen LogP contribution in [0.3, 0.4) is 0 Å². The third-order valence-corrected chi connectivity index (χ3v) is 3.08. The second-order valence-corrected chi connectivity index (χ2v) is 4.35. The average molecular weight is 341 g/mol. The fourth-order valence-corrected chi connectivity index (χ4v) is 2.27. The van der Waals surface area contributed by atoms with Gasteiger partial charge in [0.15, 0.2) is 0 Å². The minimum absolute atomic E-state index is 0.0585. The first-order valence-electron chi connectivity index (χ1n) is 6.34. The van der Waals surface area contributed by atoms with E-state index in [9.17, 15) is 9.59 Å². The molecule has 0 aromatic heterocycles. The number of ether oxygens (including phenoxy) is 2. The van der Waals surface area contributed by atoms with E-state index in [1.807, 2.05) is 30.3 Å². The molecular weight excluding hydrogens is 324 g/mol. The molecule has 0 unspecified atom stereocenters. The molecule has 0 bridgehead atoms. The summed E-state index contributed by atoms with van der Waals surface area (Å²) in [4.78, 5) is 24.1. The lowest BCUT2D eigenvalue weighted by Gasteiger charge is -2.12. The van der Waals surface area contributed by atoms with Crippen molar-refractivity contribution < 1.29 is 19.1 Å². The lowest BCUT2D eigenvalue weighted by molar-refractivity contribution is -0.146. The highest BCUT2D eigenvalue weighted by Crippen LogP contribution is 2.23. The van der Waals surface area contributed by atoms with E-state index in [-0.39, 0.29) is 18.8 Å². The molecule has 0 atom stereocenters. The molecule has 0 aliphatic carbocycles. The maximum atomic E-state index is 12.0. The van der Waals surface area contributed by atoms with E-state index in [2.05, 4.69) is 15.9 Å². The zero-order chi connectivity index (χ0) is 15.0. The first kappa shape index (κ1) is 16.4. The Balaban J connectivity index is 3.32. The predicted molar refractivity (Wildman–Crippen MR) is 80.4 cm³/mol. The zero-order valence-corrected chi connectivity index (χ0v) is 13.1. The lowest BCUT2D eigenvalue weighted by atomic mass is 10.0. The van der Waals surface area contributed by atoms with Gasteiger partial charge in [0.2, 0.25) is 0 Å². The smallest absolute Gasteiger partial charge is 0.345 e. The fraction of sp³-hybridized carbons (Fsp3) is 0.333. The van der Waals surface area contributed by atoms with Crippen molar-refractivity contribution in [3.63, 3.8) is 0 Å². The van der Waals surface area contributed by atoms with Gasteiger partial charge in [-0.2, -0.15) is 0 Å². The Hall–Kier alpha value is -1.62. The number of rotatable bonds is 6. The highest BCUT2D eigenvalue weighted by Gasteiger charge is 2.26. The number of carbonyl (C=O) groups is 2. The molecule has 1 aromatic rings. The number of alkyl halides is 1. The summed E-state index contributed by atoms with van der Waals surface area (Å²) in [6.07, 6.45) is 0. The Morgan fingerprint density at radius 1 is 1.00 bits per heavy atom. The fourth-order valence-electron chi connectivity index (χ4n) is 1.66. The first-order valence-corrected chi connectivity index (χ1v) is 7.46. The van der Waals surface area contributed by atoms with Crippen molar-refractivity contribution in [3.05, 3.63) is 41.5 Å². The Morgan fingerprint density at radius 2 is 1.50 bits per heavy atom. The summed E-state index contributed by atoms with van der Waals surface area (Å²) in [6.45, 7) is 3.78. The SMILES string of the molecule is CCOC(=O)C(C(=O)OCC)=C(CBr)c1ccccc1. The standard InChI is InChI=1S/C15H17BrO4/c1-3-19-14(17)13(15(18)20-4-2)12(10-16)11-8-6-5-7-9-11/h5-9H,3-4,10H2,1-2H3. The van der Waals surface area contributed by atoms with Gasteiger partial charge in [-0.15, -0.1) is 0 Å². The first-order chi connectivity index (χ1) is 9.65. The van der Waals surface area contributed by atoms with Crippen LogP contribution in [0.5, 0.6) is 0 Å². The molecule has 1 rings (SSSR count). The number of halogens is 1. The third kappa shape index (κ3) is 4.20. The predicted octanol–water partition coefficient (Wildman–Crippen LogP) is 2.96. The largest absolute Gasteiger partial charge is 0.462 e. The maximum Gasteiger partial charge on any atom is 0.345 e. The van der Waals surface area contributed by atoms with Gasteiger partial charge in [-0.05, 0) is 25.0 Å². The van der Waals surface area contributed by atoms with Crippen LogP contribution in [0.2, 0.25) is 0 Å². The van der Waals surface area contributed by atoms with E-state index in [0.717, 1.165) is 5.56 Å². The van der Waals surface area contributed by atoms with E-state index >= 15 is 0 Å². The van der Waals surface area contributed by atoms with Crippen molar-refractivity contribution in [1.29, 1.82) is 0 Å². The van der Waals surface area contributed by atoms with Gasteiger partial charge in [0.25, 0.3) is 0 Å². The number of allylic oxidation sites excluding steroid dienone is 1. The molecule has 0 fully saturated rings. The van der Waals surface area contributed by atoms with Crippen LogP contribution in [-0.4, -0.2) is 30.5 Å². The van der Waals surface area contributed by atoms with Crippen LogP contribution >= 0.6 is 15.9 Å². The number of carbonyl (C=O) groups excluding carboxylic acids is 2. The van der Waals surface area contributed by atoms with Gasteiger partial charge >= 0.3 is 11.9 Å². The molecule has 0 aliphatic rings. The summed E-state index contributed by atoms with van der Waals surface area (Å²) in [5.74, 6) is -1.33. The molecule has 4 nitrogen and oxygen atoms in total. The van der Waals surface area contributed by atoms with Crippen LogP contribution in [-0.2, 0) is 19.1 Å². The van der Waals surface area contributed by atoms with Gasteiger partial charge in [0, 0.05) is 5.33 Å². The topological polar surface area (TPSA) is 52.6 Å². The summed E-state index contributed by atoms with van der Waals surface area (Å²) >= 11 is 3.32. The number of hydrogen-bond donors (Lipinski definition) is 0. The average Bonchev–Trinajstić information content (AvgIpc) is 2.45. The zero-order valence-electron chi connectivity index (χ0n) is 11.5. The molecular formula is C15H17BrO4. The van der Waals surface area contributed by atoms with Crippen LogP contribution in [0.4, 0.5) is 0 Å². The van der Waals surface area contributed by atoms with Crippen molar-refractivity contribution in [2.45, 2.75) is 13.8 Å². The maximum absolute atomic E-state index is 12.0. The van der Waals surface area contributed by atoms with Gasteiger partial charge in [-0.3, -0.25) is 0 Å². The molecule has 108 valence electrons. The van der Waals surface area contributed by atoms with Gasteiger partial charge in [-0.1, -0.05) is 46.3 Å². The lowest BCUT2D eigenvalue weighted by Crippen LogP contribution is -2.20. The van der Waals surface area contributed by atoms with Crippen molar-refractivity contribution in [1.82, 2.24) is 0 Å². The molecule has 0 saturated heterocycles. The molecule has 0 spiro atoms. The Morgan fingerprint density at radius 3 is 1.90 bits per heavy atom. The number of hydrogen-bond acceptors (Lipinski definition) is 4. The van der Waals surface area contributed by atoms with E-state index < -0.39 is 11.9 Å². The monoisotopic (exact) mass is 340 g/mol. The van der Waals surface area contributed by atoms with Crippen molar-refractivity contribution >= 4 is 33.4 Å². The van der Waals surface area contributed by atoms with Crippen molar-refractivity contribution in [2.24, 2.45) is 0 Å². The van der Waals surface area contributed by atoms with E-state index in [0.29, 0.717) is 10.9 Å². The molecule has 0 saturated carbocycles. The minimum Gasteiger partial charge on any atom is -0.462 e. The Kier molecular flexibility index (Phi) is 7.01. The second-order valence-electron chi connectivity index (χ2n) is 3.79. The van der Waals surface area contributed by atoms with Crippen LogP contribution in [0.25, 0.3) is 5.57 Å². The van der Waals surface area contributed by atoms with Crippen LogP contribution in [0.15, 0.2) is 35.9 Å². The van der Waals surface area contributed by atoms with Crippen molar-refractivity contribution in [2.75, 3.05) is 18.5 Å². The summed E-state index contributed by atoms with van der Waals surface area (Å²) in [7, 11) is 0. The second kappa shape index (κ2) is 8.53. The van der Waals surface area contributed by atoms with Crippen LogP contribution in [0, 0.1) is 0 Å². The summed E-state index contributed by atoms with van der Waals surface area (Å²) in [6, 6.07) is 9.20. The molecule has 0 N–H and O–H groups in total. The quantitative estimate of drug-likeness (QED) is 0.262. The van der Waals surface area contributed by atoms with Gasteiger partial charge < -0.3 is 9.47 Å². The van der Waals surface area contributed by atoms with E-state index in [4.69, 9.17) is 9.47 Å². The summed E-state index contributed by atoms with van der Waals surface area (Å²) in [5, 5.41) is 0.351. The van der Waals surface area contributed by atoms with Crippen LogP contribution in [0.1, 0.15) is 19.4 Å². The molecule has 0 radical (unpaired) electrons. The molecule has 20 heavy (non-hydrogen) atoms. The molecule has 0 amide bonds. The number of benzene rings is 1. The Labute approximate surface area is 126 Å². The summed E-state index contributed by atoms with van der Waals surface area (Å²) in [5.41, 5.74) is 1.28. The Bertz CT molecular complexity index is 474. The van der Waals surface area contributed by atoms with E-state index in [1.165, 1.54) is 0 Å². The van der Waals surface area contributed by atoms with Crippen LogP contribution < -0.4 is 0 Å². The number of esters is 2. The highest BCUT2D eigenvalue weighted by atomic mass is 79.9. The molecule has 0 heterocycles. The van der Waals surface area contributed by atoms with Gasteiger partial charge in [0.1, 0.15) is 5.57 Å². The molecule has 0 aliphatic heterocycles.